The molecule has 16 heteroatoms. The van der Waals surface area contributed by atoms with E-state index in [4.69, 9.17) is 9.72 Å². The van der Waals surface area contributed by atoms with Gasteiger partial charge in [-0.1, -0.05) is 80.6 Å². The lowest BCUT2D eigenvalue weighted by molar-refractivity contribution is -0.147. The Bertz CT molecular complexity index is 2670. The number of aromatic nitrogens is 1. The summed E-state index contributed by atoms with van der Waals surface area (Å²) in [6.45, 7) is 7.68. The van der Waals surface area contributed by atoms with Gasteiger partial charge < -0.3 is 25.2 Å². The molecule has 6 rings (SSSR count). The Morgan fingerprint density at radius 1 is 0.686 bits per heavy atom. The highest BCUT2D eigenvalue weighted by Gasteiger charge is 2.23. The van der Waals surface area contributed by atoms with Gasteiger partial charge in [0.2, 0.25) is 15.9 Å². The van der Waals surface area contributed by atoms with E-state index in [1.807, 2.05) is 83.6 Å². The Kier molecular flexibility index (Phi) is 19.2. The van der Waals surface area contributed by atoms with Crippen molar-refractivity contribution in [3.63, 3.8) is 0 Å². The summed E-state index contributed by atoms with van der Waals surface area (Å²) in [5, 5.41) is 5.95. The van der Waals surface area contributed by atoms with Gasteiger partial charge in [-0.05, 0) is 116 Å². The Morgan fingerprint density at radius 2 is 1.34 bits per heavy atom. The molecule has 0 aliphatic carbocycles. The molecule has 370 valence electrons. The van der Waals surface area contributed by atoms with Crippen LogP contribution in [0.25, 0.3) is 0 Å². The highest BCUT2D eigenvalue weighted by Crippen LogP contribution is 2.25. The van der Waals surface area contributed by atoms with E-state index in [1.165, 1.54) is 0 Å². The van der Waals surface area contributed by atoms with Crippen molar-refractivity contribution in [2.75, 3.05) is 55.0 Å². The summed E-state index contributed by atoms with van der Waals surface area (Å²) in [6.07, 6.45) is 7.33. The number of hydrogen-bond donors (Lipinski definition) is 3. The second-order valence-electron chi connectivity index (χ2n) is 17.7. The lowest BCUT2D eigenvalue weighted by Gasteiger charge is -2.32. The van der Waals surface area contributed by atoms with Crippen LogP contribution >= 0.6 is 0 Å². The number of likely N-dealkylation sites (N-methyl/N-ethyl adjacent to an activating group) is 1. The SMILES string of the molecule is CCC(CC)N(CCN(C)C(=O)CCC(=O)OCc1ccccc1)Cc1cccc(C(=O)Nc2ccc(N3CCCCC3)nc2C(=O)Nc2ccc(CCc3ccc(C(=O)NS(C)(=O)=O)cc3)cc2)c1. The van der Waals surface area contributed by atoms with E-state index in [-0.39, 0.29) is 54.2 Å². The molecule has 1 saturated heterocycles. The topological polar surface area (TPSA) is 187 Å². The van der Waals surface area contributed by atoms with Crippen molar-refractivity contribution < 1.29 is 37.1 Å². The Hall–Kier alpha value is -6.91. The number of sulfonamides is 1. The first-order chi connectivity index (χ1) is 33.7. The van der Waals surface area contributed by atoms with E-state index in [0.717, 1.165) is 73.7 Å². The van der Waals surface area contributed by atoms with Gasteiger partial charge in [0.05, 0.1) is 18.4 Å². The molecule has 4 amide bonds. The molecule has 0 spiro atoms. The molecule has 0 saturated carbocycles. The molecule has 15 nitrogen and oxygen atoms in total. The Labute approximate surface area is 412 Å². The Balaban J connectivity index is 1.08. The molecule has 70 heavy (non-hydrogen) atoms. The van der Waals surface area contributed by atoms with Crippen molar-refractivity contribution in [3.05, 3.63) is 154 Å². The largest absolute Gasteiger partial charge is 0.461 e. The molecule has 0 unspecified atom stereocenters. The number of amides is 4. The van der Waals surface area contributed by atoms with Crippen LogP contribution in [0.15, 0.2) is 115 Å². The number of piperidine rings is 1. The predicted octanol–water partition coefficient (Wildman–Crippen LogP) is 8.02. The molecule has 5 aromatic rings. The van der Waals surface area contributed by atoms with Crippen molar-refractivity contribution in [2.24, 2.45) is 0 Å². The molecule has 1 aromatic heterocycles. The number of benzene rings is 4. The van der Waals surface area contributed by atoms with E-state index >= 15 is 0 Å². The highest BCUT2D eigenvalue weighted by atomic mass is 32.2. The molecule has 4 aromatic carbocycles. The molecule has 2 heterocycles. The second kappa shape index (κ2) is 25.6. The van der Waals surface area contributed by atoms with Crippen molar-refractivity contribution in [3.8, 4) is 0 Å². The molecular formula is C54H65N7O8S. The summed E-state index contributed by atoms with van der Waals surface area (Å²) in [5.41, 5.74) is 5.40. The number of carbonyl (C=O) groups is 5. The normalized spacial score (nSPS) is 12.6. The Morgan fingerprint density at radius 3 is 2.00 bits per heavy atom. The quantitative estimate of drug-likeness (QED) is 0.0538. The number of hydrogen-bond acceptors (Lipinski definition) is 11. The maximum Gasteiger partial charge on any atom is 0.306 e. The van der Waals surface area contributed by atoms with E-state index in [9.17, 15) is 32.4 Å². The third kappa shape index (κ3) is 16.1. The van der Waals surface area contributed by atoms with Crippen LogP contribution in [0.2, 0.25) is 0 Å². The monoisotopic (exact) mass is 971 g/mol. The predicted molar refractivity (Wildman–Crippen MR) is 273 cm³/mol. The summed E-state index contributed by atoms with van der Waals surface area (Å²) < 4.78 is 30.2. The van der Waals surface area contributed by atoms with Crippen molar-refractivity contribution in [1.29, 1.82) is 0 Å². The molecule has 0 bridgehead atoms. The van der Waals surface area contributed by atoms with Gasteiger partial charge in [0, 0.05) is 69.0 Å². The van der Waals surface area contributed by atoms with Gasteiger partial charge in [0.15, 0.2) is 5.69 Å². The number of nitrogens with one attached hydrogen (secondary N) is 3. The zero-order valence-electron chi connectivity index (χ0n) is 40.6. The molecule has 0 radical (unpaired) electrons. The van der Waals surface area contributed by atoms with Gasteiger partial charge in [0.25, 0.3) is 17.7 Å². The number of ether oxygens (including phenoxy) is 1. The average Bonchev–Trinajstić information content (AvgIpc) is 3.36. The third-order valence-corrected chi connectivity index (χ3v) is 13.0. The number of anilines is 3. The summed E-state index contributed by atoms with van der Waals surface area (Å²) in [4.78, 5) is 76.6. The second-order valence-corrected chi connectivity index (χ2v) is 19.5. The van der Waals surface area contributed by atoms with E-state index < -0.39 is 27.8 Å². The van der Waals surface area contributed by atoms with Crippen LogP contribution in [0.4, 0.5) is 17.2 Å². The minimum absolute atomic E-state index is 0.00465. The number of aryl methyl sites for hydroxylation is 2. The number of esters is 1. The molecule has 3 N–H and O–H groups in total. The van der Waals surface area contributed by atoms with Crippen LogP contribution in [0, 0.1) is 0 Å². The van der Waals surface area contributed by atoms with Gasteiger partial charge in [-0.3, -0.25) is 28.9 Å². The summed E-state index contributed by atoms with van der Waals surface area (Å²) in [7, 11) is -1.92. The standard InChI is InChI=1S/C54H65N7O8S/c1-5-46(6-2)61(35-34-59(3)49(62)30-31-50(63)69-38-41-14-9-7-10-15-41)37-42-16-13-17-44(36-42)52(64)56-47-28-29-48(60-32-11-8-12-33-60)57-51(47)54(66)55-45-26-22-40(23-27-45)19-18-39-20-24-43(25-21-39)53(65)58-70(4,67)68/h7,9-10,13-17,20-29,36,46H,5-6,8,11-12,18-19,30-35,37-38H2,1-4H3,(H,55,66)(H,56,64)(H,58,65). The highest BCUT2D eigenvalue weighted by molar-refractivity contribution is 7.89. The summed E-state index contributed by atoms with van der Waals surface area (Å²) in [5.74, 6) is -1.42. The minimum atomic E-state index is -3.66. The van der Waals surface area contributed by atoms with Crippen molar-refractivity contribution >= 4 is 56.8 Å². The summed E-state index contributed by atoms with van der Waals surface area (Å²) in [6, 6.07) is 34.9. The molecular weight excluding hydrogens is 907 g/mol. The van der Waals surface area contributed by atoms with Gasteiger partial charge in [-0.15, -0.1) is 0 Å². The maximum absolute atomic E-state index is 14.1. The third-order valence-electron chi connectivity index (χ3n) is 12.4. The van der Waals surface area contributed by atoms with E-state index in [2.05, 4.69) is 34.3 Å². The van der Waals surface area contributed by atoms with Crippen molar-refractivity contribution in [2.45, 2.75) is 90.8 Å². The van der Waals surface area contributed by atoms with Crippen LogP contribution in [-0.2, 0) is 50.3 Å². The zero-order chi connectivity index (χ0) is 50.0. The van der Waals surface area contributed by atoms with Crippen molar-refractivity contribution in [1.82, 2.24) is 19.5 Å². The van der Waals surface area contributed by atoms with Crippen LogP contribution in [0.3, 0.4) is 0 Å². The van der Waals surface area contributed by atoms with Crippen LogP contribution in [-0.4, -0.2) is 98.3 Å². The average molecular weight is 972 g/mol. The lowest BCUT2D eigenvalue weighted by Crippen LogP contribution is -2.41. The number of rotatable bonds is 23. The van der Waals surface area contributed by atoms with E-state index in [0.29, 0.717) is 49.5 Å². The summed E-state index contributed by atoms with van der Waals surface area (Å²) >= 11 is 0. The zero-order valence-corrected chi connectivity index (χ0v) is 41.4. The van der Waals surface area contributed by atoms with Gasteiger partial charge in [0.1, 0.15) is 12.4 Å². The van der Waals surface area contributed by atoms with Crippen LogP contribution < -0.4 is 20.3 Å². The maximum atomic E-state index is 14.1. The molecule has 1 fully saturated rings. The van der Waals surface area contributed by atoms with E-state index in [1.54, 1.807) is 48.3 Å². The van der Waals surface area contributed by atoms with Gasteiger partial charge in [-0.2, -0.15) is 0 Å². The number of pyridine rings is 1. The smallest absolute Gasteiger partial charge is 0.306 e. The first-order valence-electron chi connectivity index (χ1n) is 24.0. The minimum Gasteiger partial charge on any atom is -0.461 e. The molecule has 1 aliphatic rings. The first kappa shape index (κ1) is 52.5. The fourth-order valence-corrected chi connectivity index (χ4v) is 8.81. The van der Waals surface area contributed by atoms with Crippen LogP contribution in [0.1, 0.15) is 112 Å². The van der Waals surface area contributed by atoms with Gasteiger partial charge in [-0.25, -0.2) is 18.1 Å². The number of nitrogens with zero attached hydrogens (tertiary/aromatic N) is 4. The number of carbonyl (C=O) groups excluding carboxylic acids is 5. The fraction of sp³-hybridized carbons (Fsp3) is 0.370. The molecule has 1 aliphatic heterocycles. The molecule has 0 atom stereocenters. The van der Waals surface area contributed by atoms with Gasteiger partial charge >= 0.3 is 5.97 Å². The lowest BCUT2D eigenvalue weighted by atomic mass is 10.0. The first-order valence-corrected chi connectivity index (χ1v) is 25.9. The van der Waals surface area contributed by atoms with Crippen LogP contribution in [0.5, 0.6) is 0 Å². The fourth-order valence-electron chi connectivity index (χ4n) is 8.35.